The Kier molecular flexibility index (Phi) is 6.21. The van der Waals surface area contributed by atoms with Gasteiger partial charge in [-0.2, -0.15) is 0 Å². The zero-order chi connectivity index (χ0) is 18.4. The van der Waals surface area contributed by atoms with Gasteiger partial charge in [0.05, 0.1) is 27.8 Å². The number of rotatable bonds is 7. The molecule has 8 nitrogen and oxygen atoms in total. The van der Waals surface area contributed by atoms with E-state index >= 15 is 0 Å². The summed E-state index contributed by atoms with van der Waals surface area (Å²) in [5, 5.41) is 0. The van der Waals surface area contributed by atoms with Crippen molar-refractivity contribution in [1.29, 1.82) is 0 Å². The van der Waals surface area contributed by atoms with Gasteiger partial charge < -0.3 is 24.0 Å². The van der Waals surface area contributed by atoms with E-state index in [9.17, 15) is 14.4 Å². The lowest BCUT2D eigenvalue weighted by atomic mass is 10.1. The van der Waals surface area contributed by atoms with E-state index in [2.05, 4.69) is 4.74 Å². The average molecular weight is 350 g/mol. The Hall–Kier alpha value is -2.77. The highest BCUT2D eigenvalue weighted by atomic mass is 16.5. The van der Waals surface area contributed by atoms with Crippen LogP contribution < -0.4 is 9.47 Å². The van der Waals surface area contributed by atoms with Crippen LogP contribution in [0.5, 0.6) is 11.5 Å². The lowest BCUT2D eigenvalue weighted by molar-refractivity contribution is -0.157. The van der Waals surface area contributed by atoms with Crippen LogP contribution in [-0.4, -0.2) is 68.5 Å². The molecule has 1 aliphatic rings. The maximum absolute atomic E-state index is 12.3. The number of carbonyl (C=O) groups is 3. The Balaban J connectivity index is 2.02. The fraction of sp³-hybridized carbons (Fsp3) is 0.471. The summed E-state index contributed by atoms with van der Waals surface area (Å²) in [4.78, 5) is 38.6. The van der Waals surface area contributed by atoms with Gasteiger partial charge in [-0.15, -0.1) is 0 Å². The van der Waals surface area contributed by atoms with Gasteiger partial charge in [-0.1, -0.05) is 0 Å². The molecule has 1 heterocycles. The molecule has 0 spiro atoms. The second kappa shape index (κ2) is 8.36. The molecular formula is C17H22N2O6. The van der Waals surface area contributed by atoms with Crippen LogP contribution in [0, 0.1) is 0 Å². The first-order chi connectivity index (χ1) is 12.0. The molecule has 2 rings (SSSR count). The summed E-state index contributed by atoms with van der Waals surface area (Å²) in [6.07, 6.45) is 0.0713. The Morgan fingerprint density at radius 1 is 1.04 bits per heavy atom. The molecule has 0 N–H and O–H groups in total. The first-order valence-electron chi connectivity index (χ1n) is 7.86. The number of methoxy groups -OCH3 is 3. The molecule has 136 valence electrons. The van der Waals surface area contributed by atoms with Crippen LogP contribution in [-0.2, 0) is 25.7 Å². The number of benzene rings is 1. The Labute approximate surface area is 146 Å². The van der Waals surface area contributed by atoms with Gasteiger partial charge in [0.25, 0.3) is 0 Å². The Bertz CT molecular complexity index is 661. The molecule has 0 radical (unpaired) electrons. The first-order valence-corrected chi connectivity index (χ1v) is 7.86. The highest BCUT2D eigenvalue weighted by Gasteiger charge is 2.32. The van der Waals surface area contributed by atoms with Crippen molar-refractivity contribution in [1.82, 2.24) is 9.80 Å². The number of carbonyl (C=O) groups excluding carboxylic acids is 3. The molecule has 0 saturated carbocycles. The summed E-state index contributed by atoms with van der Waals surface area (Å²) in [6.45, 7) is 1.21. The topological polar surface area (TPSA) is 85.4 Å². The summed E-state index contributed by atoms with van der Waals surface area (Å²) in [5.41, 5.74) is 0.785. The summed E-state index contributed by atoms with van der Waals surface area (Å²) >= 11 is 0. The van der Waals surface area contributed by atoms with Crippen LogP contribution in [0.4, 0.5) is 0 Å². The Morgan fingerprint density at radius 3 is 2.36 bits per heavy atom. The molecule has 1 saturated heterocycles. The van der Waals surface area contributed by atoms with Gasteiger partial charge in [-0.25, -0.2) is 0 Å². The molecule has 0 aromatic heterocycles. The number of amides is 2. The fourth-order valence-electron chi connectivity index (χ4n) is 2.60. The normalized spacial score (nSPS) is 14.5. The molecule has 0 atom stereocenters. The quantitative estimate of drug-likeness (QED) is 0.524. The molecule has 8 heteroatoms. The smallest absolute Gasteiger partial charge is 0.312 e. The molecule has 1 aromatic rings. The molecule has 0 bridgehead atoms. The van der Waals surface area contributed by atoms with E-state index in [0.29, 0.717) is 24.6 Å². The average Bonchev–Trinajstić information content (AvgIpc) is 2.64. The minimum atomic E-state index is -0.609. The summed E-state index contributed by atoms with van der Waals surface area (Å²) < 4.78 is 15.0. The number of hydrogen-bond donors (Lipinski definition) is 0. The van der Waals surface area contributed by atoms with Crippen LogP contribution >= 0.6 is 0 Å². The van der Waals surface area contributed by atoms with Gasteiger partial charge in [-0.3, -0.25) is 14.4 Å². The van der Waals surface area contributed by atoms with Crippen molar-refractivity contribution in [2.45, 2.75) is 13.0 Å². The van der Waals surface area contributed by atoms with Crippen LogP contribution in [0.1, 0.15) is 12.0 Å². The second-order valence-electron chi connectivity index (χ2n) is 5.52. The van der Waals surface area contributed by atoms with E-state index in [0.717, 1.165) is 5.56 Å². The summed E-state index contributed by atoms with van der Waals surface area (Å²) in [6, 6.07) is 5.31. The van der Waals surface area contributed by atoms with Crippen LogP contribution in [0.25, 0.3) is 0 Å². The summed E-state index contributed by atoms with van der Waals surface area (Å²) in [5.74, 6) is -0.370. The highest BCUT2D eigenvalue weighted by molar-refractivity contribution is 6.35. The standard InChI is InChI=1S/C17H22N2O6/c1-23-13-5-4-12(14(10-13)24-2)11-19-9-8-18(16(21)17(19)22)7-6-15(20)25-3/h4-5,10H,6-9,11H2,1-3H3. The van der Waals surface area contributed by atoms with Crippen molar-refractivity contribution in [2.75, 3.05) is 41.0 Å². The zero-order valence-electron chi connectivity index (χ0n) is 14.6. The van der Waals surface area contributed by atoms with Crippen molar-refractivity contribution in [2.24, 2.45) is 0 Å². The van der Waals surface area contributed by atoms with Crippen molar-refractivity contribution in [3.8, 4) is 11.5 Å². The number of piperazine rings is 1. The fourth-order valence-corrected chi connectivity index (χ4v) is 2.60. The van der Waals surface area contributed by atoms with Gasteiger partial charge in [0, 0.05) is 37.8 Å². The van der Waals surface area contributed by atoms with Gasteiger partial charge in [0.2, 0.25) is 0 Å². The van der Waals surface area contributed by atoms with Gasteiger partial charge in [0.1, 0.15) is 11.5 Å². The van der Waals surface area contributed by atoms with E-state index in [1.54, 1.807) is 25.3 Å². The van der Waals surface area contributed by atoms with Gasteiger partial charge in [0.15, 0.2) is 0 Å². The predicted molar refractivity (Wildman–Crippen MR) is 88.2 cm³/mol. The SMILES string of the molecule is COC(=O)CCN1CCN(Cc2ccc(OC)cc2OC)C(=O)C1=O. The minimum Gasteiger partial charge on any atom is -0.497 e. The van der Waals surface area contributed by atoms with Crippen LogP contribution in [0.3, 0.4) is 0 Å². The second-order valence-corrected chi connectivity index (χ2v) is 5.52. The number of ether oxygens (including phenoxy) is 3. The van der Waals surface area contributed by atoms with Crippen molar-refractivity contribution >= 4 is 17.8 Å². The lowest BCUT2D eigenvalue weighted by Gasteiger charge is -2.33. The first kappa shape index (κ1) is 18.6. The number of hydrogen-bond acceptors (Lipinski definition) is 6. The van der Waals surface area contributed by atoms with E-state index < -0.39 is 17.8 Å². The monoisotopic (exact) mass is 350 g/mol. The number of nitrogens with zero attached hydrogens (tertiary/aromatic N) is 2. The maximum Gasteiger partial charge on any atom is 0.312 e. The molecule has 1 fully saturated rings. The zero-order valence-corrected chi connectivity index (χ0v) is 14.6. The van der Waals surface area contributed by atoms with E-state index in [1.165, 1.54) is 24.0 Å². The third-order valence-corrected chi connectivity index (χ3v) is 4.07. The summed E-state index contributed by atoms with van der Waals surface area (Å²) in [7, 11) is 4.38. The van der Waals surface area contributed by atoms with Crippen molar-refractivity contribution < 1.29 is 28.6 Å². The predicted octanol–water partition coefficient (Wildman–Crippen LogP) is 0.438. The third kappa shape index (κ3) is 4.40. The van der Waals surface area contributed by atoms with Crippen molar-refractivity contribution in [3.63, 3.8) is 0 Å². The molecule has 0 aliphatic carbocycles. The molecule has 25 heavy (non-hydrogen) atoms. The van der Waals surface area contributed by atoms with E-state index in [4.69, 9.17) is 9.47 Å². The Morgan fingerprint density at radius 2 is 1.72 bits per heavy atom. The molecule has 1 aliphatic heterocycles. The van der Waals surface area contributed by atoms with Gasteiger partial charge in [-0.05, 0) is 12.1 Å². The van der Waals surface area contributed by atoms with E-state index in [1.807, 2.05) is 0 Å². The van der Waals surface area contributed by atoms with Crippen LogP contribution in [0.15, 0.2) is 18.2 Å². The molecular weight excluding hydrogens is 328 g/mol. The molecule has 2 amide bonds. The van der Waals surface area contributed by atoms with Crippen LogP contribution in [0.2, 0.25) is 0 Å². The van der Waals surface area contributed by atoms with Gasteiger partial charge >= 0.3 is 17.8 Å². The largest absolute Gasteiger partial charge is 0.497 e. The van der Waals surface area contributed by atoms with Crippen molar-refractivity contribution in [3.05, 3.63) is 23.8 Å². The minimum absolute atomic E-state index is 0.0713. The molecule has 0 unspecified atom stereocenters. The highest BCUT2D eigenvalue weighted by Crippen LogP contribution is 2.26. The maximum atomic E-state index is 12.3. The molecule has 1 aromatic carbocycles. The number of esters is 1. The van der Waals surface area contributed by atoms with E-state index in [-0.39, 0.29) is 19.5 Å². The third-order valence-electron chi connectivity index (χ3n) is 4.07. The lowest BCUT2D eigenvalue weighted by Crippen LogP contribution is -2.54.